The van der Waals surface area contributed by atoms with E-state index in [2.05, 4.69) is 21.2 Å². The monoisotopic (exact) mass is 331 g/mol. The Morgan fingerprint density at radius 2 is 2.17 bits per heavy atom. The van der Waals surface area contributed by atoms with Gasteiger partial charge < -0.3 is 10.4 Å². The fourth-order valence-corrected chi connectivity index (χ4v) is 3.28. The molecule has 96 valence electrons. The first kappa shape index (κ1) is 13.1. The van der Waals surface area contributed by atoms with Crippen molar-refractivity contribution in [3.05, 3.63) is 39.7 Å². The maximum atomic E-state index is 11.3. The molecule has 0 saturated heterocycles. The summed E-state index contributed by atoms with van der Waals surface area (Å²) in [7, 11) is -3.16. The Labute approximate surface area is 113 Å². The van der Waals surface area contributed by atoms with E-state index in [9.17, 15) is 13.2 Å². The van der Waals surface area contributed by atoms with Gasteiger partial charge in [-0.2, -0.15) is 0 Å². The van der Waals surface area contributed by atoms with Gasteiger partial charge in [-0.3, -0.25) is 0 Å². The van der Waals surface area contributed by atoms with Crippen molar-refractivity contribution in [2.45, 2.75) is 6.04 Å². The second-order valence-corrected chi connectivity index (χ2v) is 6.75. The zero-order valence-corrected chi connectivity index (χ0v) is 11.5. The average Bonchev–Trinajstić information content (AvgIpc) is 2.57. The third-order valence-corrected chi connectivity index (χ3v) is 4.37. The van der Waals surface area contributed by atoms with E-state index in [1.165, 1.54) is 12.1 Å². The lowest BCUT2D eigenvalue weighted by atomic mass is 10.1. The first-order chi connectivity index (χ1) is 8.37. The Hall–Kier alpha value is -1.34. The summed E-state index contributed by atoms with van der Waals surface area (Å²) in [5.41, 5.74) is 0.500. The fraction of sp³-hybridized carbons (Fsp3) is 0.182. The summed E-state index contributed by atoms with van der Waals surface area (Å²) >= 11 is 3.25. The Morgan fingerprint density at radius 1 is 1.44 bits per heavy atom. The van der Waals surface area contributed by atoms with Crippen molar-refractivity contribution in [2.75, 3.05) is 11.1 Å². The van der Waals surface area contributed by atoms with Gasteiger partial charge in [0.25, 0.3) is 0 Å². The molecule has 0 bridgehead atoms. The maximum absolute atomic E-state index is 11.3. The number of carboxylic acids is 1. The van der Waals surface area contributed by atoms with Gasteiger partial charge in [-0.15, -0.1) is 0 Å². The predicted molar refractivity (Wildman–Crippen MR) is 71.4 cm³/mol. The molecule has 1 aliphatic rings. The standard InChI is InChI=1S/C11H10BrNO4S/c12-7-1-2-9(11(14)15)10(5-7)13-8-3-4-18(16,17)6-8/h1-5,8,13H,6H2,(H,14,15). The van der Waals surface area contributed by atoms with Gasteiger partial charge in [0.15, 0.2) is 9.84 Å². The predicted octanol–water partition coefficient (Wildman–Crippen LogP) is 1.87. The van der Waals surface area contributed by atoms with E-state index < -0.39 is 21.8 Å². The van der Waals surface area contributed by atoms with E-state index >= 15 is 0 Å². The number of carboxylic acid groups (broad SMARTS) is 1. The smallest absolute Gasteiger partial charge is 0.337 e. The second kappa shape index (κ2) is 4.74. The molecule has 5 nitrogen and oxygen atoms in total. The highest BCUT2D eigenvalue weighted by atomic mass is 79.9. The highest BCUT2D eigenvalue weighted by Gasteiger charge is 2.23. The zero-order chi connectivity index (χ0) is 13.3. The first-order valence-electron chi connectivity index (χ1n) is 5.08. The minimum absolute atomic E-state index is 0.0570. The van der Waals surface area contributed by atoms with E-state index in [1.807, 2.05) is 0 Å². The molecule has 0 amide bonds. The Bertz CT molecular complexity index is 624. The molecule has 1 heterocycles. The highest BCUT2D eigenvalue weighted by molar-refractivity contribution is 9.10. The van der Waals surface area contributed by atoms with Crippen LogP contribution in [0.1, 0.15) is 10.4 Å². The minimum atomic E-state index is -3.16. The number of halogens is 1. The van der Waals surface area contributed by atoms with Crippen LogP contribution in [-0.2, 0) is 9.84 Å². The molecule has 1 atom stereocenters. The third kappa shape index (κ3) is 2.91. The van der Waals surface area contributed by atoms with Gasteiger partial charge in [0.1, 0.15) is 0 Å². The SMILES string of the molecule is O=C(O)c1ccc(Br)cc1NC1C=CS(=O)(=O)C1. The van der Waals surface area contributed by atoms with Crippen LogP contribution in [0.25, 0.3) is 0 Å². The van der Waals surface area contributed by atoms with E-state index in [0.717, 1.165) is 9.88 Å². The number of aromatic carboxylic acids is 1. The van der Waals surface area contributed by atoms with Gasteiger partial charge in [0.2, 0.25) is 0 Å². The number of hydrogen-bond acceptors (Lipinski definition) is 4. The number of anilines is 1. The van der Waals surface area contributed by atoms with E-state index in [4.69, 9.17) is 5.11 Å². The van der Waals surface area contributed by atoms with Gasteiger partial charge in [-0.1, -0.05) is 22.0 Å². The van der Waals surface area contributed by atoms with Gasteiger partial charge in [0.05, 0.1) is 23.0 Å². The van der Waals surface area contributed by atoms with Crippen LogP contribution >= 0.6 is 15.9 Å². The lowest BCUT2D eigenvalue weighted by Crippen LogP contribution is -2.22. The maximum Gasteiger partial charge on any atom is 0.337 e. The summed E-state index contributed by atoms with van der Waals surface area (Å²) in [6.07, 6.45) is 1.52. The van der Waals surface area contributed by atoms with Crippen molar-refractivity contribution in [1.82, 2.24) is 0 Å². The molecule has 1 unspecified atom stereocenters. The van der Waals surface area contributed by atoms with Crippen molar-refractivity contribution >= 4 is 37.4 Å². The normalized spacial score (nSPS) is 20.8. The Morgan fingerprint density at radius 3 is 2.72 bits per heavy atom. The van der Waals surface area contributed by atoms with Crippen LogP contribution in [0.3, 0.4) is 0 Å². The summed E-state index contributed by atoms with van der Waals surface area (Å²) in [6.45, 7) is 0. The summed E-state index contributed by atoms with van der Waals surface area (Å²) < 4.78 is 23.3. The molecule has 1 aliphatic heterocycles. The molecular formula is C11H10BrNO4S. The van der Waals surface area contributed by atoms with Crippen LogP contribution in [0.5, 0.6) is 0 Å². The second-order valence-electron chi connectivity index (χ2n) is 3.90. The molecule has 0 aliphatic carbocycles. The first-order valence-corrected chi connectivity index (χ1v) is 7.58. The molecule has 0 spiro atoms. The van der Waals surface area contributed by atoms with E-state index in [-0.39, 0.29) is 11.3 Å². The van der Waals surface area contributed by atoms with Crippen molar-refractivity contribution < 1.29 is 18.3 Å². The van der Waals surface area contributed by atoms with Crippen LogP contribution in [0.2, 0.25) is 0 Å². The molecule has 0 fully saturated rings. The molecule has 7 heteroatoms. The summed E-state index contributed by atoms with van der Waals surface area (Å²) in [5, 5.41) is 13.1. The number of nitrogens with one attached hydrogen (secondary N) is 1. The highest BCUT2D eigenvalue weighted by Crippen LogP contribution is 2.24. The molecule has 1 aromatic rings. The van der Waals surface area contributed by atoms with Crippen molar-refractivity contribution in [1.29, 1.82) is 0 Å². The number of sulfone groups is 1. The summed E-state index contributed by atoms with van der Waals surface area (Å²) in [6, 6.07) is 4.29. The molecule has 0 aromatic heterocycles. The van der Waals surface area contributed by atoms with Crippen molar-refractivity contribution in [3.63, 3.8) is 0 Å². The Balaban J connectivity index is 2.27. The minimum Gasteiger partial charge on any atom is -0.478 e. The van der Waals surface area contributed by atoms with Gasteiger partial charge in [-0.25, -0.2) is 13.2 Å². The van der Waals surface area contributed by atoms with Crippen LogP contribution in [0.4, 0.5) is 5.69 Å². The molecule has 0 radical (unpaired) electrons. The van der Waals surface area contributed by atoms with Crippen molar-refractivity contribution in [2.24, 2.45) is 0 Å². The third-order valence-electron chi connectivity index (χ3n) is 2.48. The summed E-state index contributed by atoms with van der Waals surface area (Å²) in [4.78, 5) is 11.0. The van der Waals surface area contributed by atoms with Gasteiger partial charge >= 0.3 is 5.97 Å². The van der Waals surface area contributed by atoms with E-state index in [0.29, 0.717) is 5.69 Å². The lowest BCUT2D eigenvalue weighted by molar-refractivity contribution is 0.0698. The topological polar surface area (TPSA) is 83.5 Å². The molecule has 2 N–H and O–H groups in total. The largest absolute Gasteiger partial charge is 0.478 e. The number of hydrogen-bond donors (Lipinski definition) is 2. The average molecular weight is 332 g/mol. The molecule has 0 saturated carbocycles. The van der Waals surface area contributed by atoms with E-state index in [1.54, 1.807) is 12.1 Å². The zero-order valence-electron chi connectivity index (χ0n) is 9.13. The van der Waals surface area contributed by atoms with Crippen LogP contribution in [-0.4, -0.2) is 31.3 Å². The Kier molecular flexibility index (Phi) is 3.45. The van der Waals surface area contributed by atoms with Crippen molar-refractivity contribution in [3.8, 4) is 0 Å². The molecule has 2 rings (SSSR count). The molecular weight excluding hydrogens is 322 g/mol. The van der Waals surface area contributed by atoms with Crippen LogP contribution in [0, 0.1) is 0 Å². The van der Waals surface area contributed by atoms with Crippen LogP contribution in [0.15, 0.2) is 34.2 Å². The molecule has 18 heavy (non-hydrogen) atoms. The summed E-state index contributed by atoms with van der Waals surface area (Å²) in [5.74, 6) is -1.12. The number of carbonyl (C=O) groups is 1. The number of rotatable bonds is 3. The molecule has 1 aromatic carbocycles. The van der Waals surface area contributed by atoms with Crippen LogP contribution < -0.4 is 5.32 Å². The number of benzene rings is 1. The fourth-order valence-electron chi connectivity index (χ4n) is 1.69. The lowest BCUT2D eigenvalue weighted by Gasteiger charge is -2.14. The quantitative estimate of drug-likeness (QED) is 0.883. The van der Waals surface area contributed by atoms with Gasteiger partial charge in [-0.05, 0) is 18.2 Å². The van der Waals surface area contributed by atoms with Gasteiger partial charge in [0, 0.05) is 9.88 Å².